The summed E-state index contributed by atoms with van der Waals surface area (Å²) in [6, 6.07) is 9.60. The van der Waals surface area contributed by atoms with E-state index in [1.54, 1.807) is 12.3 Å². The fourth-order valence-electron chi connectivity index (χ4n) is 2.86. The standard InChI is InChI=1S/C18H17N3O3/c1-11-5-3-6-14-17(11)20-16(10-22)21(14)9-13-12(2)24-18(19-13)15-7-4-8-23-15/h3-8,22H,9-10H2,1-2H3. The molecule has 0 fully saturated rings. The van der Waals surface area contributed by atoms with Gasteiger partial charge in [-0.3, -0.25) is 0 Å². The molecule has 0 saturated heterocycles. The number of aliphatic hydroxyl groups is 1. The van der Waals surface area contributed by atoms with Gasteiger partial charge in [0.15, 0.2) is 5.76 Å². The first-order chi connectivity index (χ1) is 11.7. The van der Waals surface area contributed by atoms with E-state index >= 15 is 0 Å². The molecule has 1 N–H and O–H groups in total. The Labute approximate surface area is 138 Å². The summed E-state index contributed by atoms with van der Waals surface area (Å²) < 4.78 is 13.0. The van der Waals surface area contributed by atoms with Crippen molar-refractivity contribution in [3.05, 3.63) is 59.4 Å². The topological polar surface area (TPSA) is 77.2 Å². The lowest BCUT2D eigenvalue weighted by Gasteiger charge is -2.06. The first kappa shape index (κ1) is 14.7. The lowest BCUT2D eigenvalue weighted by molar-refractivity contribution is 0.266. The predicted molar refractivity (Wildman–Crippen MR) is 88.4 cm³/mol. The van der Waals surface area contributed by atoms with Gasteiger partial charge in [0.05, 0.1) is 23.8 Å². The average molecular weight is 323 g/mol. The van der Waals surface area contributed by atoms with Crippen LogP contribution in [0.4, 0.5) is 0 Å². The Hall–Kier alpha value is -2.86. The SMILES string of the molecule is Cc1oc(-c2ccco2)nc1Cn1c(CO)nc2c(C)cccc21. The minimum atomic E-state index is -0.129. The summed E-state index contributed by atoms with van der Waals surface area (Å²) in [6.45, 7) is 4.23. The van der Waals surface area contributed by atoms with Crippen molar-refractivity contribution in [1.82, 2.24) is 14.5 Å². The van der Waals surface area contributed by atoms with Crippen LogP contribution in [0.15, 0.2) is 45.4 Å². The molecule has 0 aliphatic heterocycles. The maximum absolute atomic E-state index is 9.67. The van der Waals surface area contributed by atoms with Gasteiger partial charge in [0.1, 0.15) is 23.9 Å². The van der Waals surface area contributed by atoms with Crippen LogP contribution in [0.25, 0.3) is 22.7 Å². The Morgan fingerprint density at radius 1 is 1.12 bits per heavy atom. The molecular weight excluding hydrogens is 306 g/mol. The number of aryl methyl sites for hydroxylation is 2. The van der Waals surface area contributed by atoms with E-state index in [0.29, 0.717) is 24.0 Å². The number of benzene rings is 1. The number of fused-ring (bicyclic) bond motifs is 1. The van der Waals surface area contributed by atoms with Crippen LogP contribution in [-0.2, 0) is 13.2 Å². The molecule has 6 nitrogen and oxygen atoms in total. The number of para-hydroxylation sites is 1. The number of aromatic nitrogens is 3. The summed E-state index contributed by atoms with van der Waals surface area (Å²) in [6.07, 6.45) is 1.59. The molecule has 0 aliphatic carbocycles. The number of oxazole rings is 1. The quantitative estimate of drug-likeness (QED) is 0.622. The molecule has 0 bridgehead atoms. The maximum atomic E-state index is 9.67. The zero-order chi connectivity index (χ0) is 16.7. The Morgan fingerprint density at radius 2 is 2.00 bits per heavy atom. The zero-order valence-electron chi connectivity index (χ0n) is 13.5. The van der Waals surface area contributed by atoms with Gasteiger partial charge in [-0.2, -0.15) is 0 Å². The van der Waals surface area contributed by atoms with Gasteiger partial charge in [0.25, 0.3) is 5.89 Å². The molecule has 0 radical (unpaired) electrons. The van der Waals surface area contributed by atoms with Crippen molar-refractivity contribution in [1.29, 1.82) is 0 Å². The minimum absolute atomic E-state index is 0.129. The van der Waals surface area contributed by atoms with E-state index in [9.17, 15) is 5.11 Å². The third-order valence-corrected chi connectivity index (χ3v) is 4.13. The number of rotatable bonds is 4. The van der Waals surface area contributed by atoms with Crippen LogP contribution in [0.5, 0.6) is 0 Å². The molecule has 3 aromatic heterocycles. The van der Waals surface area contributed by atoms with E-state index in [1.165, 1.54) is 0 Å². The third kappa shape index (κ3) is 2.32. The van der Waals surface area contributed by atoms with Crippen molar-refractivity contribution >= 4 is 11.0 Å². The summed E-state index contributed by atoms with van der Waals surface area (Å²) >= 11 is 0. The fraction of sp³-hybridized carbons (Fsp3) is 0.222. The second-order valence-corrected chi connectivity index (χ2v) is 5.71. The van der Waals surface area contributed by atoms with E-state index < -0.39 is 0 Å². The molecule has 6 heteroatoms. The number of hydrogen-bond donors (Lipinski definition) is 1. The Bertz CT molecular complexity index is 996. The van der Waals surface area contributed by atoms with Gasteiger partial charge in [-0.25, -0.2) is 9.97 Å². The van der Waals surface area contributed by atoms with Crippen molar-refractivity contribution in [3.8, 4) is 11.7 Å². The van der Waals surface area contributed by atoms with Gasteiger partial charge in [0.2, 0.25) is 0 Å². The molecule has 1 aromatic carbocycles. The average Bonchev–Trinajstić information content (AvgIpc) is 3.28. The van der Waals surface area contributed by atoms with Crippen molar-refractivity contribution in [2.24, 2.45) is 0 Å². The molecule has 0 aliphatic rings. The predicted octanol–water partition coefficient (Wildman–Crippen LogP) is 3.44. The molecule has 0 saturated carbocycles. The number of nitrogens with zero attached hydrogens (tertiary/aromatic N) is 3. The van der Waals surface area contributed by atoms with E-state index in [1.807, 2.05) is 42.7 Å². The Balaban J connectivity index is 1.79. The van der Waals surface area contributed by atoms with E-state index in [4.69, 9.17) is 8.83 Å². The lowest BCUT2D eigenvalue weighted by Crippen LogP contribution is -2.06. The van der Waals surface area contributed by atoms with Crippen molar-refractivity contribution in [2.75, 3.05) is 0 Å². The smallest absolute Gasteiger partial charge is 0.263 e. The lowest BCUT2D eigenvalue weighted by atomic mass is 10.2. The van der Waals surface area contributed by atoms with Crippen LogP contribution in [0.2, 0.25) is 0 Å². The van der Waals surface area contributed by atoms with Crippen LogP contribution in [-0.4, -0.2) is 19.6 Å². The van der Waals surface area contributed by atoms with Gasteiger partial charge in [-0.1, -0.05) is 12.1 Å². The van der Waals surface area contributed by atoms with Gasteiger partial charge in [-0.15, -0.1) is 0 Å². The molecule has 0 unspecified atom stereocenters. The van der Waals surface area contributed by atoms with Gasteiger partial charge < -0.3 is 18.5 Å². The summed E-state index contributed by atoms with van der Waals surface area (Å²) in [5.74, 6) is 2.39. The Kier molecular flexibility index (Phi) is 3.46. The Morgan fingerprint density at radius 3 is 2.75 bits per heavy atom. The highest BCUT2D eigenvalue weighted by Crippen LogP contribution is 2.25. The second-order valence-electron chi connectivity index (χ2n) is 5.71. The number of aliphatic hydroxyl groups excluding tert-OH is 1. The van der Waals surface area contributed by atoms with E-state index in [0.717, 1.165) is 28.1 Å². The highest BCUT2D eigenvalue weighted by atomic mass is 16.4. The fourth-order valence-corrected chi connectivity index (χ4v) is 2.86. The van der Waals surface area contributed by atoms with Crippen molar-refractivity contribution in [2.45, 2.75) is 27.0 Å². The zero-order valence-corrected chi connectivity index (χ0v) is 13.5. The monoisotopic (exact) mass is 323 g/mol. The molecule has 0 spiro atoms. The molecule has 24 heavy (non-hydrogen) atoms. The van der Waals surface area contributed by atoms with Crippen LogP contribution in [0.1, 0.15) is 22.8 Å². The second kappa shape index (κ2) is 5.65. The van der Waals surface area contributed by atoms with Crippen LogP contribution >= 0.6 is 0 Å². The summed E-state index contributed by atoms with van der Waals surface area (Å²) in [7, 11) is 0. The van der Waals surface area contributed by atoms with Gasteiger partial charge >= 0.3 is 0 Å². The van der Waals surface area contributed by atoms with Crippen LogP contribution in [0.3, 0.4) is 0 Å². The minimum Gasteiger partial charge on any atom is -0.459 e. The van der Waals surface area contributed by atoms with Crippen LogP contribution < -0.4 is 0 Å². The van der Waals surface area contributed by atoms with Gasteiger partial charge in [0, 0.05) is 0 Å². The van der Waals surface area contributed by atoms with Gasteiger partial charge in [-0.05, 0) is 37.6 Å². The molecule has 0 atom stereocenters. The van der Waals surface area contributed by atoms with E-state index in [2.05, 4.69) is 9.97 Å². The normalized spacial score (nSPS) is 11.5. The summed E-state index contributed by atoms with van der Waals surface area (Å²) in [5.41, 5.74) is 3.74. The molecule has 4 rings (SSSR count). The van der Waals surface area contributed by atoms with E-state index in [-0.39, 0.29) is 6.61 Å². The largest absolute Gasteiger partial charge is 0.459 e. The maximum Gasteiger partial charge on any atom is 0.263 e. The highest BCUT2D eigenvalue weighted by molar-refractivity contribution is 5.79. The number of imidazole rings is 1. The molecule has 4 aromatic rings. The summed E-state index contributed by atoms with van der Waals surface area (Å²) in [4.78, 5) is 9.09. The molecule has 0 amide bonds. The molecule has 122 valence electrons. The van der Waals surface area contributed by atoms with Crippen LogP contribution in [0, 0.1) is 13.8 Å². The summed E-state index contributed by atoms with van der Waals surface area (Å²) in [5, 5.41) is 9.67. The molecule has 3 heterocycles. The van der Waals surface area contributed by atoms with Crippen molar-refractivity contribution in [3.63, 3.8) is 0 Å². The first-order valence-electron chi connectivity index (χ1n) is 7.73. The first-order valence-corrected chi connectivity index (χ1v) is 7.73. The van der Waals surface area contributed by atoms with Crippen molar-refractivity contribution < 1.29 is 13.9 Å². The number of furan rings is 1. The number of hydrogen-bond acceptors (Lipinski definition) is 5. The third-order valence-electron chi connectivity index (χ3n) is 4.13. The highest BCUT2D eigenvalue weighted by Gasteiger charge is 2.17. The molecular formula is C18H17N3O3.